The number of aromatic amines is 1. The molecule has 0 unspecified atom stereocenters. The van der Waals surface area contributed by atoms with Crippen LogP contribution in [0.25, 0.3) is 22.0 Å². The number of nitrogens with zero attached hydrogens (tertiary/aromatic N) is 1. The van der Waals surface area contributed by atoms with Crippen molar-refractivity contribution in [3.05, 3.63) is 89.1 Å². The van der Waals surface area contributed by atoms with E-state index in [1.807, 2.05) is 41.3 Å². The molecule has 0 bridgehead atoms. The molecule has 1 amide bonds. The largest absolute Gasteiger partial charge is 0.497 e. The highest BCUT2D eigenvalue weighted by Crippen LogP contribution is 2.33. The minimum atomic E-state index is 0.115. The maximum Gasteiger partial charge on any atom is 0.253 e. The van der Waals surface area contributed by atoms with Crippen LogP contribution in [0.1, 0.15) is 27.2 Å². The van der Waals surface area contributed by atoms with E-state index in [9.17, 15) is 4.79 Å². The summed E-state index contributed by atoms with van der Waals surface area (Å²) < 4.78 is 5.36. The van der Waals surface area contributed by atoms with E-state index < -0.39 is 0 Å². The van der Waals surface area contributed by atoms with Crippen molar-refractivity contribution in [2.24, 2.45) is 0 Å². The van der Waals surface area contributed by atoms with Gasteiger partial charge in [0.2, 0.25) is 0 Å². The van der Waals surface area contributed by atoms with Crippen LogP contribution in [0.2, 0.25) is 0 Å². The second kappa shape index (κ2) is 7.95. The van der Waals surface area contributed by atoms with Gasteiger partial charge in [-0.25, -0.2) is 0 Å². The van der Waals surface area contributed by atoms with Gasteiger partial charge < -0.3 is 14.6 Å². The number of methoxy groups -OCH3 is 1. The standard InChI is InChI=1S/C27H26N2O2/c1-18-16-21(31-2)9-10-22(18)20-8-11-25-24(17-20)23-12-14-29(15-13-26(23)28-25)27(30)19-6-4-3-5-7-19/h3-11,16-17,28H,12-15H2,1-2H3. The fourth-order valence-electron chi connectivity index (χ4n) is 4.63. The summed E-state index contributed by atoms with van der Waals surface area (Å²) in [7, 11) is 1.70. The zero-order chi connectivity index (χ0) is 21.4. The predicted molar refractivity (Wildman–Crippen MR) is 125 cm³/mol. The quantitative estimate of drug-likeness (QED) is 0.492. The number of nitrogens with one attached hydrogen (secondary N) is 1. The molecule has 4 heteroatoms. The highest BCUT2D eigenvalue weighted by Gasteiger charge is 2.22. The topological polar surface area (TPSA) is 45.3 Å². The minimum absolute atomic E-state index is 0.115. The number of carbonyl (C=O) groups excluding carboxylic acids is 1. The van der Waals surface area contributed by atoms with Crippen molar-refractivity contribution in [1.82, 2.24) is 9.88 Å². The van der Waals surface area contributed by atoms with Crippen LogP contribution in [0.15, 0.2) is 66.7 Å². The maximum absolute atomic E-state index is 12.9. The van der Waals surface area contributed by atoms with Gasteiger partial charge in [0.15, 0.2) is 0 Å². The first-order valence-corrected chi connectivity index (χ1v) is 10.8. The number of carbonyl (C=O) groups is 1. The summed E-state index contributed by atoms with van der Waals surface area (Å²) in [6.07, 6.45) is 1.71. The van der Waals surface area contributed by atoms with Gasteiger partial charge in [0.25, 0.3) is 5.91 Å². The lowest BCUT2D eigenvalue weighted by molar-refractivity contribution is 0.0763. The second-order valence-electron chi connectivity index (χ2n) is 8.18. The maximum atomic E-state index is 12.9. The Hall–Kier alpha value is -3.53. The minimum Gasteiger partial charge on any atom is -0.497 e. The van der Waals surface area contributed by atoms with E-state index in [2.05, 4.69) is 42.2 Å². The predicted octanol–water partition coefficient (Wildman–Crippen LogP) is 5.39. The molecule has 0 spiro atoms. The van der Waals surface area contributed by atoms with E-state index in [1.165, 1.54) is 38.9 Å². The molecule has 0 radical (unpaired) electrons. The monoisotopic (exact) mass is 410 g/mol. The lowest BCUT2D eigenvalue weighted by Crippen LogP contribution is -2.33. The molecule has 3 aromatic carbocycles. The Morgan fingerprint density at radius 3 is 2.55 bits per heavy atom. The number of ether oxygens (including phenoxy) is 1. The van der Waals surface area contributed by atoms with Crippen molar-refractivity contribution in [2.75, 3.05) is 20.2 Å². The summed E-state index contributed by atoms with van der Waals surface area (Å²) in [6, 6.07) is 22.4. The Bertz CT molecular complexity index is 1260. The number of benzene rings is 3. The van der Waals surface area contributed by atoms with E-state index in [-0.39, 0.29) is 5.91 Å². The molecule has 0 fully saturated rings. The van der Waals surface area contributed by atoms with Crippen LogP contribution in [0.4, 0.5) is 0 Å². The van der Waals surface area contributed by atoms with Crippen molar-refractivity contribution in [3.8, 4) is 16.9 Å². The number of rotatable bonds is 3. The normalized spacial score (nSPS) is 13.7. The van der Waals surface area contributed by atoms with Gasteiger partial charge in [0.1, 0.15) is 5.75 Å². The number of amides is 1. The average molecular weight is 411 g/mol. The van der Waals surface area contributed by atoms with Crippen LogP contribution in [0.3, 0.4) is 0 Å². The fourth-order valence-corrected chi connectivity index (χ4v) is 4.63. The van der Waals surface area contributed by atoms with E-state index >= 15 is 0 Å². The van der Waals surface area contributed by atoms with Crippen LogP contribution < -0.4 is 4.74 Å². The van der Waals surface area contributed by atoms with Gasteiger partial charge in [-0.15, -0.1) is 0 Å². The van der Waals surface area contributed by atoms with Gasteiger partial charge in [0.05, 0.1) is 7.11 Å². The lowest BCUT2D eigenvalue weighted by Gasteiger charge is -2.20. The summed E-state index contributed by atoms with van der Waals surface area (Å²) in [5.41, 5.74) is 8.13. The summed E-state index contributed by atoms with van der Waals surface area (Å²) in [5, 5.41) is 1.26. The smallest absolute Gasteiger partial charge is 0.253 e. The first kappa shape index (κ1) is 19.4. The number of aromatic nitrogens is 1. The van der Waals surface area contributed by atoms with Crippen LogP contribution >= 0.6 is 0 Å². The number of H-pyrrole nitrogens is 1. The molecule has 0 saturated heterocycles. The SMILES string of the molecule is COc1ccc(-c2ccc3[nH]c4c(c3c2)CCN(C(=O)c2ccccc2)CC4)c(C)c1. The van der Waals surface area contributed by atoms with Crippen LogP contribution in [0, 0.1) is 6.92 Å². The first-order chi connectivity index (χ1) is 15.1. The third-order valence-corrected chi connectivity index (χ3v) is 6.31. The van der Waals surface area contributed by atoms with Crippen molar-refractivity contribution < 1.29 is 9.53 Å². The molecule has 156 valence electrons. The third-order valence-electron chi connectivity index (χ3n) is 6.31. The zero-order valence-corrected chi connectivity index (χ0v) is 17.9. The molecule has 0 saturated carbocycles. The molecule has 1 aromatic heterocycles. The summed E-state index contributed by atoms with van der Waals surface area (Å²) in [4.78, 5) is 18.5. The molecule has 31 heavy (non-hydrogen) atoms. The van der Waals surface area contributed by atoms with E-state index in [0.717, 1.165) is 37.2 Å². The Morgan fingerprint density at radius 2 is 1.77 bits per heavy atom. The Balaban J connectivity index is 1.45. The summed E-state index contributed by atoms with van der Waals surface area (Å²) in [5.74, 6) is 0.991. The molecule has 1 aliphatic heterocycles. The average Bonchev–Trinajstić information content (AvgIpc) is 3.02. The number of aryl methyl sites for hydroxylation is 1. The van der Waals surface area contributed by atoms with Crippen molar-refractivity contribution in [2.45, 2.75) is 19.8 Å². The first-order valence-electron chi connectivity index (χ1n) is 10.8. The van der Waals surface area contributed by atoms with Gasteiger partial charge in [-0.05, 0) is 72.0 Å². The number of hydrogen-bond acceptors (Lipinski definition) is 2. The molecule has 0 atom stereocenters. The van der Waals surface area contributed by atoms with E-state index in [4.69, 9.17) is 4.74 Å². The third kappa shape index (κ3) is 3.59. The zero-order valence-electron chi connectivity index (χ0n) is 17.9. The molecule has 1 N–H and O–H groups in total. The van der Waals surface area contributed by atoms with Gasteiger partial charge in [-0.1, -0.05) is 30.3 Å². The van der Waals surface area contributed by atoms with Crippen LogP contribution in [0.5, 0.6) is 5.75 Å². The molecular formula is C27H26N2O2. The lowest BCUT2D eigenvalue weighted by atomic mass is 9.97. The van der Waals surface area contributed by atoms with Gasteiger partial charge in [0, 0.05) is 41.7 Å². The van der Waals surface area contributed by atoms with Gasteiger partial charge in [-0.3, -0.25) is 4.79 Å². The fraction of sp³-hybridized carbons (Fsp3) is 0.222. The van der Waals surface area contributed by atoms with E-state index in [0.29, 0.717) is 0 Å². The van der Waals surface area contributed by atoms with Crippen molar-refractivity contribution in [1.29, 1.82) is 0 Å². The number of hydrogen-bond donors (Lipinski definition) is 1. The summed E-state index contributed by atoms with van der Waals surface area (Å²) >= 11 is 0. The molecule has 4 nitrogen and oxygen atoms in total. The van der Waals surface area contributed by atoms with Crippen molar-refractivity contribution in [3.63, 3.8) is 0 Å². The summed E-state index contributed by atoms with van der Waals surface area (Å²) in [6.45, 7) is 3.59. The molecule has 4 aromatic rings. The molecule has 0 aliphatic carbocycles. The molecular weight excluding hydrogens is 384 g/mol. The molecule has 5 rings (SSSR count). The number of fused-ring (bicyclic) bond motifs is 3. The van der Waals surface area contributed by atoms with Gasteiger partial charge >= 0.3 is 0 Å². The second-order valence-corrected chi connectivity index (χ2v) is 8.18. The highest BCUT2D eigenvalue weighted by atomic mass is 16.5. The Kier molecular flexibility index (Phi) is 4.99. The van der Waals surface area contributed by atoms with Crippen molar-refractivity contribution >= 4 is 16.8 Å². The van der Waals surface area contributed by atoms with Crippen LogP contribution in [-0.2, 0) is 12.8 Å². The highest BCUT2D eigenvalue weighted by molar-refractivity contribution is 5.94. The molecule has 2 heterocycles. The Labute approximate surface area is 182 Å². The molecule has 1 aliphatic rings. The van der Waals surface area contributed by atoms with Crippen LogP contribution in [-0.4, -0.2) is 36.0 Å². The van der Waals surface area contributed by atoms with Gasteiger partial charge in [-0.2, -0.15) is 0 Å². The van der Waals surface area contributed by atoms with E-state index in [1.54, 1.807) is 7.11 Å². The Morgan fingerprint density at radius 1 is 0.968 bits per heavy atom.